The van der Waals surface area contributed by atoms with E-state index in [-0.39, 0.29) is 35.9 Å². The first kappa shape index (κ1) is 25.4. The van der Waals surface area contributed by atoms with Crippen LogP contribution >= 0.6 is 27.7 Å². The van der Waals surface area contributed by atoms with Gasteiger partial charge in [-0.2, -0.15) is 5.26 Å². The summed E-state index contributed by atoms with van der Waals surface area (Å²) in [6, 6.07) is 10.2. The fraction of sp³-hybridized carbons (Fsp3) is 0.423. The molecule has 1 aromatic heterocycles. The minimum absolute atomic E-state index is 0.0208. The minimum Gasteiger partial charge on any atom is -0.326 e. The molecule has 1 saturated heterocycles. The maximum atomic E-state index is 13.6. The van der Waals surface area contributed by atoms with Gasteiger partial charge in [0.05, 0.1) is 23.4 Å². The summed E-state index contributed by atoms with van der Waals surface area (Å²) in [6.45, 7) is 3.71. The van der Waals surface area contributed by atoms with Crippen molar-refractivity contribution < 1.29 is 14.4 Å². The molecule has 1 aliphatic carbocycles. The Hall–Kier alpha value is -2.70. The van der Waals surface area contributed by atoms with Crippen LogP contribution in [0.15, 0.2) is 39.8 Å². The van der Waals surface area contributed by atoms with Crippen molar-refractivity contribution in [3.05, 3.63) is 51.6 Å². The molecule has 0 spiro atoms. The van der Waals surface area contributed by atoms with E-state index >= 15 is 0 Å². The van der Waals surface area contributed by atoms with E-state index in [9.17, 15) is 19.6 Å². The number of pyridine rings is 1. The first-order chi connectivity index (χ1) is 16.8. The number of halogens is 1. The molecule has 2 aliphatic rings. The third-order valence-corrected chi connectivity index (χ3v) is 8.04. The summed E-state index contributed by atoms with van der Waals surface area (Å²) in [4.78, 5) is 47.4. The largest absolute Gasteiger partial charge is 0.326 e. The number of aryl methyl sites for hydroxylation is 2. The van der Waals surface area contributed by atoms with Crippen LogP contribution in [0.25, 0.3) is 0 Å². The SMILES string of the molecule is Cc1cc(C)c(C#N)c(SCC(=O)N(C2CCCCC2)C2CC(=O)N(c3ccc(Br)cc3)C2=O)n1. The van der Waals surface area contributed by atoms with Gasteiger partial charge in [0.25, 0.3) is 5.91 Å². The second kappa shape index (κ2) is 10.9. The summed E-state index contributed by atoms with van der Waals surface area (Å²) >= 11 is 4.60. The van der Waals surface area contributed by atoms with Crippen molar-refractivity contribution in [3.63, 3.8) is 0 Å². The number of benzene rings is 1. The maximum absolute atomic E-state index is 13.6. The monoisotopic (exact) mass is 554 g/mol. The third-order valence-electron chi connectivity index (χ3n) is 6.56. The number of hydrogen-bond acceptors (Lipinski definition) is 6. The highest BCUT2D eigenvalue weighted by Gasteiger charge is 2.46. The van der Waals surface area contributed by atoms with Gasteiger partial charge in [0.2, 0.25) is 11.8 Å². The Bertz CT molecular complexity index is 1190. The first-order valence-electron chi connectivity index (χ1n) is 11.7. The molecule has 35 heavy (non-hydrogen) atoms. The zero-order chi connectivity index (χ0) is 25.1. The van der Waals surface area contributed by atoms with E-state index in [1.54, 1.807) is 29.2 Å². The molecular weight excluding hydrogens is 528 g/mol. The van der Waals surface area contributed by atoms with Crippen LogP contribution < -0.4 is 4.90 Å². The summed E-state index contributed by atoms with van der Waals surface area (Å²) in [5.41, 5.74) is 2.57. The second-order valence-corrected chi connectivity index (χ2v) is 10.9. The molecule has 1 aromatic carbocycles. The average Bonchev–Trinajstić information content (AvgIpc) is 3.12. The van der Waals surface area contributed by atoms with E-state index in [0.717, 1.165) is 47.8 Å². The Morgan fingerprint density at radius 3 is 2.54 bits per heavy atom. The van der Waals surface area contributed by atoms with Gasteiger partial charge in [-0.15, -0.1) is 0 Å². The Morgan fingerprint density at radius 2 is 1.89 bits per heavy atom. The number of amides is 3. The van der Waals surface area contributed by atoms with Crippen LogP contribution in [0.3, 0.4) is 0 Å². The molecule has 1 saturated carbocycles. The maximum Gasteiger partial charge on any atom is 0.257 e. The lowest BCUT2D eigenvalue weighted by Gasteiger charge is -2.37. The third kappa shape index (κ3) is 5.44. The van der Waals surface area contributed by atoms with E-state index < -0.39 is 6.04 Å². The Labute approximate surface area is 218 Å². The fourth-order valence-electron chi connectivity index (χ4n) is 4.93. The lowest BCUT2D eigenvalue weighted by atomic mass is 9.92. The number of rotatable bonds is 6. The van der Waals surface area contributed by atoms with Crippen molar-refractivity contribution in [2.45, 2.75) is 69.5 Å². The van der Waals surface area contributed by atoms with Gasteiger partial charge < -0.3 is 4.90 Å². The Balaban J connectivity index is 1.59. The second-order valence-electron chi connectivity index (χ2n) is 9.02. The van der Waals surface area contributed by atoms with Crippen molar-refractivity contribution in [1.82, 2.24) is 9.88 Å². The number of imide groups is 1. The van der Waals surface area contributed by atoms with Crippen LogP contribution in [0.4, 0.5) is 5.69 Å². The smallest absolute Gasteiger partial charge is 0.257 e. The highest BCUT2D eigenvalue weighted by molar-refractivity contribution is 9.10. The van der Waals surface area contributed by atoms with Gasteiger partial charge in [0, 0.05) is 16.2 Å². The predicted octanol–water partition coefficient (Wildman–Crippen LogP) is 4.92. The van der Waals surface area contributed by atoms with Gasteiger partial charge in [-0.05, 0) is 62.6 Å². The molecule has 9 heteroatoms. The van der Waals surface area contributed by atoms with E-state index in [1.807, 2.05) is 19.9 Å². The summed E-state index contributed by atoms with van der Waals surface area (Å²) in [6.07, 6.45) is 4.70. The molecule has 7 nitrogen and oxygen atoms in total. The van der Waals surface area contributed by atoms with Crippen molar-refractivity contribution in [2.24, 2.45) is 0 Å². The normalized spacial score (nSPS) is 18.6. The van der Waals surface area contributed by atoms with Gasteiger partial charge >= 0.3 is 0 Å². The number of anilines is 1. The number of thioether (sulfide) groups is 1. The molecule has 2 aromatic rings. The van der Waals surface area contributed by atoms with Gasteiger partial charge in [-0.25, -0.2) is 9.88 Å². The van der Waals surface area contributed by atoms with Crippen molar-refractivity contribution in [1.29, 1.82) is 5.26 Å². The lowest BCUT2D eigenvalue weighted by Crippen LogP contribution is -2.52. The number of nitriles is 1. The Morgan fingerprint density at radius 1 is 1.20 bits per heavy atom. The summed E-state index contributed by atoms with van der Waals surface area (Å²) in [5, 5.41) is 10.1. The predicted molar refractivity (Wildman–Crippen MR) is 138 cm³/mol. The zero-order valence-corrected chi connectivity index (χ0v) is 22.2. The first-order valence-corrected chi connectivity index (χ1v) is 13.5. The van der Waals surface area contributed by atoms with Crippen molar-refractivity contribution >= 4 is 51.1 Å². The molecule has 0 radical (unpaired) electrons. The fourth-order valence-corrected chi connectivity index (χ4v) is 6.17. The molecule has 1 aliphatic heterocycles. The van der Waals surface area contributed by atoms with E-state index in [4.69, 9.17) is 0 Å². The van der Waals surface area contributed by atoms with Crippen molar-refractivity contribution in [3.8, 4) is 6.07 Å². The average molecular weight is 555 g/mol. The molecule has 4 rings (SSSR count). The van der Waals surface area contributed by atoms with Crippen LogP contribution in [-0.4, -0.2) is 45.4 Å². The van der Waals surface area contributed by atoms with Crippen LogP contribution in [0.1, 0.15) is 55.3 Å². The van der Waals surface area contributed by atoms with Gasteiger partial charge in [0.15, 0.2) is 0 Å². The summed E-state index contributed by atoms with van der Waals surface area (Å²) in [5.74, 6) is -0.803. The quantitative estimate of drug-likeness (QED) is 0.371. The highest BCUT2D eigenvalue weighted by Crippen LogP contribution is 2.33. The molecule has 0 N–H and O–H groups in total. The summed E-state index contributed by atoms with van der Waals surface area (Å²) < 4.78 is 0.852. The molecule has 2 fully saturated rings. The lowest BCUT2D eigenvalue weighted by molar-refractivity contribution is -0.139. The molecule has 2 heterocycles. The van der Waals surface area contributed by atoms with Gasteiger partial charge in [-0.3, -0.25) is 14.4 Å². The molecule has 0 bridgehead atoms. The van der Waals surface area contributed by atoms with E-state index in [0.29, 0.717) is 16.3 Å². The topological polar surface area (TPSA) is 94.4 Å². The number of hydrogen-bond donors (Lipinski definition) is 0. The molecular formula is C26H27BrN4O3S. The van der Waals surface area contributed by atoms with E-state index in [2.05, 4.69) is 27.0 Å². The molecule has 3 amide bonds. The number of nitrogens with zero attached hydrogens (tertiary/aromatic N) is 4. The standard InChI is InChI=1S/C26H27BrN4O3S/c1-16-12-17(2)29-25(21(16)14-28)35-15-24(33)30(19-6-4-3-5-7-19)22-13-23(32)31(26(22)34)20-10-8-18(27)9-11-20/h8-12,19,22H,3-7,13,15H2,1-2H3. The minimum atomic E-state index is -0.815. The zero-order valence-electron chi connectivity index (χ0n) is 19.8. The number of carbonyl (C=O) groups excluding carboxylic acids is 3. The van der Waals surface area contributed by atoms with Crippen LogP contribution in [0.2, 0.25) is 0 Å². The molecule has 1 unspecified atom stereocenters. The van der Waals surface area contributed by atoms with Crippen LogP contribution in [-0.2, 0) is 14.4 Å². The number of carbonyl (C=O) groups is 3. The van der Waals surface area contributed by atoms with Crippen LogP contribution in [0.5, 0.6) is 0 Å². The number of aromatic nitrogens is 1. The molecule has 182 valence electrons. The van der Waals surface area contributed by atoms with E-state index in [1.165, 1.54) is 16.7 Å². The highest BCUT2D eigenvalue weighted by atomic mass is 79.9. The van der Waals surface area contributed by atoms with Crippen molar-refractivity contribution in [2.75, 3.05) is 10.7 Å². The van der Waals surface area contributed by atoms with Crippen LogP contribution in [0, 0.1) is 25.2 Å². The summed E-state index contributed by atoms with van der Waals surface area (Å²) in [7, 11) is 0. The van der Waals surface area contributed by atoms with Gasteiger partial charge in [-0.1, -0.05) is 47.0 Å². The van der Waals surface area contributed by atoms with Gasteiger partial charge in [0.1, 0.15) is 17.1 Å². The Kier molecular flexibility index (Phi) is 7.92. The molecule has 1 atom stereocenters.